The number of amides is 1. The number of aryl methyl sites for hydroxylation is 3. The third-order valence-corrected chi connectivity index (χ3v) is 5.64. The predicted octanol–water partition coefficient (Wildman–Crippen LogP) is 6.14. The monoisotopic (exact) mass is 372 g/mol. The molecule has 134 valence electrons. The molecule has 1 amide bonds. The highest BCUT2D eigenvalue weighted by Crippen LogP contribution is 2.31. The second kappa shape index (κ2) is 6.97. The van der Waals surface area contributed by atoms with Gasteiger partial charge in [-0.1, -0.05) is 23.8 Å². The number of carbonyl (C=O) groups is 1. The van der Waals surface area contributed by atoms with Gasteiger partial charge in [-0.05, 0) is 74.4 Å². The smallest absolute Gasteiger partial charge is 0.255 e. The van der Waals surface area contributed by atoms with E-state index in [1.807, 2.05) is 56.3 Å². The van der Waals surface area contributed by atoms with Crippen LogP contribution in [0.3, 0.4) is 0 Å². The number of carbonyl (C=O) groups excluding carboxylic acids is 1. The zero-order chi connectivity index (χ0) is 19.0. The first-order chi connectivity index (χ1) is 13.0. The van der Waals surface area contributed by atoms with E-state index in [-0.39, 0.29) is 5.91 Å². The van der Waals surface area contributed by atoms with E-state index in [1.54, 1.807) is 11.3 Å². The van der Waals surface area contributed by atoms with E-state index in [0.29, 0.717) is 5.56 Å². The number of thiazole rings is 1. The van der Waals surface area contributed by atoms with Crippen molar-refractivity contribution in [2.24, 2.45) is 0 Å². The summed E-state index contributed by atoms with van der Waals surface area (Å²) in [5, 5.41) is 3.97. The van der Waals surface area contributed by atoms with Crippen molar-refractivity contribution in [2.75, 3.05) is 5.32 Å². The Hall–Kier alpha value is -2.98. The van der Waals surface area contributed by atoms with Gasteiger partial charge in [0.05, 0.1) is 10.2 Å². The molecule has 0 atom stereocenters. The van der Waals surface area contributed by atoms with Crippen LogP contribution in [0.4, 0.5) is 5.69 Å². The van der Waals surface area contributed by atoms with E-state index in [0.717, 1.165) is 32.9 Å². The van der Waals surface area contributed by atoms with Gasteiger partial charge in [-0.3, -0.25) is 4.79 Å². The predicted molar refractivity (Wildman–Crippen MR) is 114 cm³/mol. The number of nitrogens with zero attached hydrogens (tertiary/aromatic N) is 1. The molecule has 0 radical (unpaired) electrons. The summed E-state index contributed by atoms with van der Waals surface area (Å²) in [5.74, 6) is -0.0839. The van der Waals surface area contributed by atoms with Gasteiger partial charge in [-0.25, -0.2) is 4.98 Å². The third-order valence-electron chi connectivity index (χ3n) is 4.57. The van der Waals surface area contributed by atoms with Gasteiger partial charge in [-0.15, -0.1) is 11.3 Å². The maximum Gasteiger partial charge on any atom is 0.255 e. The summed E-state index contributed by atoms with van der Waals surface area (Å²) in [6.07, 6.45) is 0. The SMILES string of the molecule is Cc1ccc(C)c(C(=O)Nc2ccc(-c3nc4ccc(C)cc4s3)cc2)c1. The molecule has 1 N–H and O–H groups in total. The molecule has 1 heterocycles. The van der Waals surface area contributed by atoms with Crippen LogP contribution in [0.2, 0.25) is 0 Å². The van der Waals surface area contributed by atoms with Crippen molar-refractivity contribution >= 4 is 33.1 Å². The minimum Gasteiger partial charge on any atom is -0.322 e. The lowest BCUT2D eigenvalue weighted by Crippen LogP contribution is -2.13. The second-order valence-corrected chi connectivity index (χ2v) is 7.87. The quantitative estimate of drug-likeness (QED) is 0.469. The Bertz CT molecular complexity index is 1140. The second-order valence-electron chi connectivity index (χ2n) is 6.84. The van der Waals surface area contributed by atoms with E-state index in [2.05, 4.69) is 30.4 Å². The first-order valence-electron chi connectivity index (χ1n) is 8.86. The van der Waals surface area contributed by atoms with Gasteiger partial charge in [0, 0.05) is 16.8 Å². The van der Waals surface area contributed by atoms with E-state index >= 15 is 0 Å². The van der Waals surface area contributed by atoms with Gasteiger partial charge < -0.3 is 5.32 Å². The number of anilines is 1. The first-order valence-corrected chi connectivity index (χ1v) is 9.67. The maximum atomic E-state index is 12.6. The van der Waals surface area contributed by atoms with Gasteiger partial charge in [0.1, 0.15) is 5.01 Å². The molecule has 4 rings (SSSR count). The summed E-state index contributed by atoms with van der Waals surface area (Å²) in [4.78, 5) is 17.3. The molecule has 0 saturated heterocycles. The summed E-state index contributed by atoms with van der Waals surface area (Å²) in [7, 11) is 0. The molecule has 0 aliphatic carbocycles. The standard InChI is InChI=1S/C23H20N2OS/c1-14-4-6-16(3)19(12-14)22(26)24-18-9-7-17(8-10-18)23-25-20-11-5-15(2)13-21(20)27-23/h4-13H,1-3H3,(H,24,26). The molecule has 3 nitrogen and oxygen atoms in total. The Morgan fingerprint density at radius 3 is 2.37 bits per heavy atom. The van der Waals surface area contributed by atoms with E-state index < -0.39 is 0 Å². The average molecular weight is 372 g/mol. The molecule has 0 aliphatic rings. The van der Waals surface area contributed by atoms with E-state index in [4.69, 9.17) is 4.98 Å². The largest absolute Gasteiger partial charge is 0.322 e. The molecule has 0 aliphatic heterocycles. The van der Waals surface area contributed by atoms with Crippen LogP contribution >= 0.6 is 11.3 Å². The van der Waals surface area contributed by atoms with Gasteiger partial charge in [-0.2, -0.15) is 0 Å². The minimum absolute atomic E-state index is 0.0839. The Labute approximate surface area is 162 Å². The van der Waals surface area contributed by atoms with Crippen LogP contribution in [0.1, 0.15) is 27.0 Å². The molecular weight excluding hydrogens is 352 g/mol. The molecule has 0 saturated carbocycles. The van der Waals surface area contributed by atoms with Gasteiger partial charge in [0.25, 0.3) is 5.91 Å². The number of nitrogens with one attached hydrogen (secondary N) is 1. The summed E-state index contributed by atoms with van der Waals surface area (Å²) in [6.45, 7) is 6.03. The first kappa shape index (κ1) is 17.4. The summed E-state index contributed by atoms with van der Waals surface area (Å²) < 4.78 is 1.19. The van der Waals surface area contributed by atoms with Crippen LogP contribution in [0.5, 0.6) is 0 Å². The summed E-state index contributed by atoms with van der Waals surface area (Å²) >= 11 is 1.69. The molecule has 0 fully saturated rings. The van der Waals surface area contributed by atoms with E-state index in [1.165, 1.54) is 10.3 Å². The van der Waals surface area contributed by atoms with Crippen molar-refractivity contribution in [1.82, 2.24) is 4.98 Å². The lowest BCUT2D eigenvalue weighted by molar-refractivity contribution is 0.102. The van der Waals surface area contributed by atoms with Crippen LogP contribution < -0.4 is 5.32 Å². The average Bonchev–Trinajstić information content (AvgIpc) is 3.07. The van der Waals surface area contributed by atoms with Gasteiger partial charge in [0.2, 0.25) is 0 Å². The number of hydrogen-bond acceptors (Lipinski definition) is 3. The highest BCUT2D eigenvalue weighted by molar-refractivity contribution is 7.21. The van der Waals surface area contributed by atoms with Gasteiger partial charge >= 0.3 is 0 Å². The van der Waals surface area contributed by atoms with Crippen LogP contribution in [0.25, 0.3) is 20.8 Å². The minimum atomic E-state index is -0.0839. The zero-order valence-electron chi connectivity index (χ0n) is 15.5. The fourth-order valence-electron chi connectivity index (χ4n) is 3.03. The van der Waals surface area contributed by atoms with Crippen LogP contribution in [-0.4, -0.2) is 10.9 Å². The molecule has 3 aromatic carbocycles. The van der Waals surface area contributed by atoms with Crippen molar-refractivity contribution < 1.29 is 4.79 Å². The van der Waals surface area contributed by atoms with Crippen LogP contribution in [0.15, 0.2) is 60.7 Å². The summed E-state index contributed by atoms with van der Waals surface area (Å²) in [5.41, 5.74) is 6.85. The number of rotatable bonds is 3. The molecular formula is C23H20N2OS. The lowest BCUT2D eigenvalue weighted by atomic mass is 10.0. The van der Waals surface area contributed by atoms with Crippen molar-refractivity contribution in [1.29, 1.82) is 0 Å². The topological polar surface area (TPSA) is 42.0 Å². The number of benzene rings is 3. The van der Waals surface area contributed by atoms with Crippen LogP contribution in [0, 0.1) is 20.8 Å². The van der Waals surface area contributed by atoms with Crippen molar-refractivity contribution in [3.05, 3.63) is 82.9 Å². The zero-order valence-corrected chi connectivity index (χ0v) is 16.4. The van der Waals surface area contributed by atoms with Crippen LogP contribution in [-0.2, 0) is 0 Å². The number of hydrogen-bond donors (Lipinski definition) is 1. The molecule has 0 spiro atoms. The Balaban J connectivity index is 1.56. The maximum absolute atomic E-state index is 12.6. The number of aromatic nitrogens is 1. The lowest BCUT2D eigenvalue weighted by Gasteiger charge is -2.09. The fraction of sp³-hybridized carbons (Fsp3) is 0.130. The third kappa shape index (κ3) is 3.62. The molecule has 0 bridgehead atoms. The Morgan fingerprint density at radius 1 is 0.889 bits per heavy atom. The molecule has 1 aromatic heterocycles. The fourth-order valence-corrected chi connectivity index (χ4v) is 4.10. The van der Waals surface area contributed by atoms with Crippen molar-refractivity contribution in [2.45, 2.75) is 20.8 Å². The highest BCUT2D eigenvalue weighted by Gasteiger charge is 2.11. The molecule has 0 unspecified atom stereocenters. The molecule has 27 heavy (non-hydrogen) atoms. The Morgan fingerprint density at radius 2 is 1.59 bits per heavy atom. The van der Waals surface area contributed by atoms with Gasteiger partial charge in [0.15, 0.2) is 0 Å². The normalized spacial score (nSPS) is 10.9. The Kier molecular flexibility index (Phi) is 4.50. The highest BCUT2D eigenvalue weighted by atomic mass is 32.1. The van der Waals surface area contributed by atoms with Crippen molar-refractivity contribution in [3.8, 4) is 10.6 Å². The van der Waals surface area contributed by atoms with E-state index in [9.17, 15) is 4.79 Å². The molecule has 4 heteroatoms. The van der Waals surface area contributed by atoms with Crippen molar-refractivity contribution in [3.63, 3.8) is 0 Å². The molecule has 4 aromatic rings. The summed E-state index contributed by atoms with van der Waals surface area (Å²) in [6, 6.07) is 20.1. The number of fused-ring (bicyclic) bond motifs is 1.